The molecule has 1 heterocycles. The SMILES string of the molecule is CCOC(=O)C1CN(S(=O)(=O)c2cccc(C)c2)C1.[LiH]. The summed E-state index contributed by atoms with van der Waals surface area (Å²) in [5.41, 5.74) is 0.892. The number of rotatable bonds is 4. The van der Waals surface area contributed by atoms with E-state index in [0.717, 1.165) is 5.56 Å². The van der Waals surface area contributed by atoms with Crippen molar-refractivity contribution in [3.8, 4) is 0 Å². The molecule has 20 heavy (non-hydrogen) atoms. The third-order valence-electron chi connectivity index (χ3n) is 3.10. The van der Waals surface area contributed by atoms with E-state index < -0.39 is 10.0 Å². The quantitative estimate of drug-likeness (QED) is 0.599. The van der Waals surface area contributed by atoms with Crippen molar-refractivity contribution >= 4 is 34.9 Å². The van der Waals surface area contributed by atoms with E-state index in [-0.39, 0.29) is 48.7 Å². The number of carbonyl (C=O) groups excluding carboxylic acids is 1. The average Bonchev–Trinajstić information content (AvgIpc) is 2.27. The molecule has 1 aromatic rings. The van der Waals surface area contributed by atoms with Crippen LogP contribution in [-0.4, -0.2) is 57.2 Å². The Labute approximate surface area is 131 Å². The monoisotopic (exact) mass is 291 g/mol. The summed E-state index contributed by atoms with van der Waals surface area (Å²) in [5, 5.41) is 0. The molecule has 0 saturated carbocycles. The Morgan fingerprint density at radius 1 is 1.40 bits per heavy atom. The Hall–Kier alpha value is -0.803. The number of esters is 1. The first-order valence-electron chi connectivity index (χ1n) is 6.18. The zero-order valence-electron chi connectivity index (χ0n) is 11.0. The Bertz CT molecular complexity index is 582. The van der Waals surface area contributed by atoms with Crippen molar-refractivity contribution in [1.82, 2.24) is 4.31 Å². The number of aryl methyl sites for hydroxylation is 1. The van der Waals surface area contributed by atoms with Gasteiger partial charge in [0, 0.05) is 13.1 Å². The van der Waals surface area contributed by atoms with E-state index in [4.69, 9.17) is 4.74 Å². The third-order valence-corrected chi connectivity index (χ3v) is 4.92. The van der Waals surface area contributed by atoms with Gasteiger partial charge in [0.1, 0.15) is 0 Å². The summed E-state index contributed by atoms with van der Waals surface area (Å²) >= 11 is 0. The molecule has 5 nitrogen and oxygen atoms in total. The normalized spacial score (nSPS) is 16.1. The second-order valence-corrected chi connectivity index (χ2v) is 6.53. The first-order valence-corrected chi connectivity index (χ1v) is 7.62. The molecule has 1 fully saturated rings. The van der Waals surface area contributed by atoms with Gasteiger partial charge in [0.2, 0.25) is 10.0 Å². The minimum absolute atomic E-state index is 0. The zero-order chi connectivity index (χ0) is 14.0. The molecule has 1 saturated heterocycles. The van der Waals surface area contributed by atoms with Crippen molar-refractivity contribution in [3.05, 3.63) is 29.8 Å². The van der Waals surface area contributed by atoms with Gasteiger partial charge in [-0.15, -0.1) is 0 Å². The summed E-state index contributed by atoms with van der Waals surface area (Å²) in [7, 11) is -3.48. The number of hydrogen-bond acceptors (Lipinski definition) is 4. The van der Waals surface area contributed by atoms with Crippen LogP contribution in [0, 0.1) is 12.8 Å². The van der Waals surface area contributed by atoms with Crippen LogP contribution in [0.2, 0.25) is 0 Å². The van der Waals surface area contributed by atoms with Gasteiger partial charge in [-0.05, 0) is 31.5 Å². The van der Waals surface area contributed by atoms with Crippen LogP contribution in [0.4, 0.5) is 0 Å². The van der Waals surface area contributed by atoms with Gasteiger partial charge in [0.15, 0.2) is 0 Å². The molecular formula is C13H18LiNO4S. The Morgan fingerprint density at radius 2 is 2.05 bits per heavy atom. The van der Waals surface area contributed by atoms with Gasteiger partial charge in [-0.3, -0.25) is 4.79 Å². The number of carbonyl (C=O) groups is 1. The molecule has 7 heteroatoms. The number of ether oxygens (including phenoxy) is 1. The molecule has 1 aliphatic heterocycles. The number of sulfonamides is 1. The summed E-state index contributed by atoms with van der Waals surface area (Å²) < 4.78 is 30.7. The summed E-state index contributed by atoms with van der Waals surface area (Å²) in [4.78, 5) is 11.7. The molecule has 0 amide bonds. The fraction of sp³-hybridized carbons (Fsp3) is 0.462. The first kappa shape index (κ1) is 17.2. The molecular weight excluding hydrogens is 273 g/mol. The van der Waals surface area contributed by atoms with Gasteiger partial charge >= 0.3 is 24.8 Å². The van der Waals surface area contributed by atoms with Crippen LogP contribution in [0.5, 0.6) is 0 Å². The van der Waals surface area contributed by atoms with E-state index in [1.807, 2.05) is 13.0 Å². The summed E-state index contributed by atoms with van der Waals surface area (Å²) in [6, 6.07) is 6.76. The standard InChI is InChI=1S/C13H17NO4S.Li.H/c1-3-18-13(15)11-8-14(9-11)19(16,17)12-6-4-5-10(2)7-12;;/h4-7,11H,3,8-9H2,1-2H3;;. The summed E-state index contributed by atoms with van der Waals surface area (Å²) in [5.74, 6) is -0.655. The van der Waals surface area contributed by atoms with Gasteiger partial charge in [0.05, 0.1) is 17.4 Å². The van der Waals surface area contributed by atoms with E-state index >= 15 is 0 Å². The Morgan fingerprint density at radius 3 is 2.60 bits per heavy atom. The molecule has 0 radical (unpaired) electrons. The molecule has 0 bridgehead atoms. The number of nitrogens with zero attached hydrogens (tertiary/aromatic N) is 1. The molecule has 0 aromatic heterocycles. The third kappa shape index (κ3) is 3.44. The Balaban J connectivity index is 0.00000200. The second-order valence-electron chi connectivity index (χ2n) is 4.59. The van der Waals surface area contributed by atoms with Gasteiger partial charge in [-0.1, -0.05) is 12.1 Å². The topological polar surface area (TPSA) is 63.7 Å². The molecule has 0 spiro atoms. The summed E-state index contributed by atoms with van der Waals surface area (Å²) in [6.07, 6.45) is 0. The van der Waals surface area contributed by atoms with Crippen LogP contribution in [-0.2, 0) is 19.6 Å². The van der Waals surface area contributed by atoms with Crippen LogP contribution in [0.3, 0.4) is 0 Å². The van der Waals surface area contributed by atoms with Gasteiger partial charge in [0.25, 0.3) is 0 Å². The fourth-order valence-electron chi connectivity index (χ4n) is 1.97. The summed E-state index contributed by atoms with van der Waals surface area (Å²) in [6.45, 7) is 4.30. The van der Waals surface area contributed by atoms with Gasteiger partial charge in [-0.2, -0.15) is 4.31 Å². The van der Waals surface area contributed by atoms with Gasteiger partial charge in [-0.25, -0.2) is 8.42 Å². The van der Waals surface area contributed by atoms with Crippen LogP contribution in [0.15, 0.2) is 29.2 Å². The van der Waals surface area contributed by atoms with Crippen molar-refractivity contribution in [3.63, 3.8) is 0 Å². The average molecular weight is 291 g/mol. The van der Waals surface area contributed by atoms with Crippen LogP contribution in [0.1, 0.15) is 12.5 Å². The van der Waals surface area contributed by atoms with Crippen molar-refractivity contribution in [2.24, 2.45) is 5.92 Å². The van der Waals surface area contributed by atoms with E-state index in [1.54, 1.807) is 25.1 Å². The first-order chi connectivity index (χ1) is 8.95. The van der Waals surface area contributed by atoms with Gasteiger partial charge < -0.3 is 4.74 Å². The number of hydrogen-bond donors (Lipinski definition) is 0. The fourth-order valence-corrected chi connectivity index (χ4v) is 3.60. The molecule has 2 rings (SSSR count). The number of benzene rings is 1. The molecule has 0 aliphatic carbocycles. The minimum atomic E-state index is -3.48. The van der Waals surface area contributed by atoms with Crippen LogP contribution >= 0.6 is 0 Å². The molecule has 1 aliphatic rings. The van der Waals surface area contributed by atoms with Crippen molar-refractivity contribution < 1.29 is 17.9 Å². The van der Waals surface area contributed by atoms with Crippen molar-refractivity contribution in [1.29, 1.82) is 0 Å². The van der Waals surface area contributed by atoms with Crippen LogP contribution < -0.4 is 0 Å². The van der Waals surface area contributed by atoms with E-state index in [1.165, 1.54) is 4.31 Å². The zero-order valence-corrected chi connectivity index (χ0v) is 11.8. The maximum atomic E-state index is 12.3. The van der Waals surface area contributed by atoms with Crippen molar-refractivity contribution in [2.45, 2.75) is 18.7 Å². The Kier molecular flexibility index (Phi) is 5.84. The molecule has 106 valence electrons. The van der Waals surface area contributed by atoms with E-state index in [9.17, 15) is 13.2 Å². The van der Waals surface area contributed by atoms with Crippen molar-refractivity contribution in [2.75, 3.05) is 19.7 Å². The molecule has 0 unspecified atom stereocenters. The molecule has 0 N–H and O–H groups in total. The molecule has 1 aromatic carbocycles. The predicted molar refractivity (Wildman–Crippen MR) is 77.2 cm³/mol. The van der Waals surface area contributed by atoms with E-state index in [2.05, 4.69) is 0 Å². The second kappa shape index (κ2) is 6.77. The molecule has 0 atom stereocenters. The van der Waals surface area contributed by atoms with E-state index in [0.29, 0.717) is 6.61 Å². The van der Waals surface area contributed by atoms with Crippen LogP contribution in [0.25, 0.3) is 0 Å². The maximum absolute atomic E-state index is 12.3. The predicted octanol–water partition coefficient (Wildman–Crippen LogP) is 0.530.